The van der Waals surface area contributed by atoms with Crippen molar-refractivity contribution in [2.45, 2.75) is 26.5 Å². The number of esters is 1. The summed E-state index contributed by atoms with van der Waals surface area (Å²) in [5.74, 6) is -1.81. The molecule has 0 saturated carbocycles. The van der Waals surface area contributed by atoms with Crippen LogP contribution in [0.4, 0.5) is 0 Å². The van der Waals surface area contributed by atoms with E-state index >= 15 is 0 Å². The van der Waals surface area contributed by atoms with Crippen molar-refractivity contribution in [3.05, 3.63) is 119 Å². The molecule has 0 heterocycles. The first-order chi connectivity index (χ1) is 15.4. The van der Waals surface area contributed by atoms with Gasteiger partial charge in [0.2, 0.25) is 0 Å². The molecule has 0 fully saturated rings. The van der Waals surface area contributed by atoms with Crippen LogP contribution in [0.1, 0.15) is 37.4 Å². The fourth-order valence-electron chi connectivity index (χ4n) is 3.21. The number of hydrogen-bond acceptors (Lipinski definition) is 4. The van der Waals surface area contributed by atoms with Crippen LogP contribution in [0.5, 0.6) is 0 Å². The van der Waals surface area contributed by atoms with Crippen molar-refractivity contribution in [3.63, 3.8) is 0 Å². The zero-order chi connectivity index (χ0) is 23.1. The summed E-state index contributed by atoms with van der Waals surface area (Å²) in [4.78, 5) is 40.2. The molecule has 32 heavy (non-hydrogen) atoms. The number of ether oxygens (including phenoxy) is 1. The van der Waals surface area contributed by atoms with E-state index in [4.69, 9.17) is 4.74 Å². The van der Waals surface area contributed by atoms with Gasteiger partial charge in [-0.3, -0.25) is 9.59 Å². The van der Waals surface area contributed by atoms with Crippen LogP contribution in [0, 0.1) is 13.8 Å². The van der Waals surface area contributed by atoms with E-state index in [2.05, 4.69) is 6.58 Å². The Bertz CT molecular complexity index is 1050. The Morgan fingerprint density at radius 2 is 1.28 bits per heavy atom. The molecule has 0 saturated heterocycles. The quantitative estimate of drug-likeness (QED) is 0.233. The highest BCUT2D eigenvalue weighted by molar-refractivity contribution is 6.10. The Morgan fingerprint density at radius 1 is 0.812 bits per heavy atom. The molecule has 0 radical (unpaired) electrons. The first-order valence-electron chi connectivity index (χ1n) is 10.3. The second-order valence-corrected chi connectivity index (χ2v) is 7.50. The van der Waals surface area contributed by atoms with Crippen molar-refractivity contribution in [3.8, 4) is 0 Å². The van der Waals surface area contributed by atoms with Gasteiger partial charge in [-0.15, -0.1) is 0 Å². The third kappa shape index (κ3) is 5.58. The number of benzene rings is 3. The zero-order valence-corrected chi connectivity index (χ0v) is 18.2. The number of imide groups is 1. The van der Waals surface area contributed by atoms with Crippen molar-refractivity contribution < 1.29 is 19.1 Å². The lowest BCUT2D eigenvalue weighted by molar-refractivity contribution is -0.148. The Hall–Kier alpha value is -3.99. The first kappa shape index (κ1) is 22.7. The molecule has 162 valence electrons. The number of aryl methyl sites for hydroxylation is 2. The minimum Gasteiger partial charge on any atom is -0.437 e. The average molecular weight is 428 g/mol. The van der Waals surface area contributed by atoms with Gasteiger partial charge in [0, 0.05) is 23.6 Å². The topological polar surface area (TPSA) is 63.7 Å². The molecule has 3 aromatic rings. The molecular weight excluding hydrogens is 402 g/mol. The number of rotatable bonds is 7. The molecule has 5 nitrogen and oxygen atoms in total. The van der Waals surface area contributed by atoms with Gasteiger partial charge < -0.3 is 4.74 Å². The van der Waals surface area contributed by atoms with Crippen molar-refractivity contribution in [2.75, 3.05) is 0 Å². The Morgan fingerprint density at radius 3 is 1.72 bits per heavy atom. The molecule has 0 bridgehead atoms. The number of carbonyl (C=O) groups excluding carboxylic acids is 3. The number of nitrogens with zero attached hydrogens (tertiary/aromatic N) is 1. The van der Waals surface area contributed by atoms with E-state index in [1.165, 1.54) is 0 Å². The van der Waals surface area contributed by atoms with Crippen molar-refractivity contribution in [1.29, 1.82) is 0 Å². The fourth-order valence-corrected chi connectivity index (χ4v) is 3.21. The van der Waals surface area contributed by atoms with Gasteiger partial charge in [-0.1, -0.05) is 72.3 Å². The van der Waals surface area contributed by atoms with Gasteiger partial charge in [0.1, 0.15) is 0 Å². The van der Waals surface area contributed by atoms with Crippen molar-refractivity contribution >= 4 is 17.8 Å². The van der Waals surface area contributed by atoms with Crippen LogP contribution in [-0.2, 0) is 16.0 Å². The summed E-state index contributed by atoms with van der Waals surface area (Å²) in [7, 11) is 0. The SMILES string of the molecule is C=CC(=O)OC(Cc1ccccc1)N(C(=O)c1ccc(C)cc1)C(=O)c1ccc(C)cc1. The van der Waals surface area contributed by atoms with Crippen molar-refractivity contribution in [1.82, 2.24) is 4.90 Å². The maximum absolute atomic E-state index is 13.5. The molecule has 0 aliphatic rings. The summed E-state index contributed by atoms with van der Waals surface area (Å²) in [5.41, 5.74) is 3.43. The van der Waals surface area contributed by atoms with E-state index in [-0.39, 0.29) is 6.42 Å². The summed E-state index contributed by atoms with van der Waals surface area (Å²) in [6.07, 6.45) is 0.0175. The van der Waals surface area contributed by atoms with Crippen LogP contribution in [0.15, 0.2) is 91.5 Å². The van der Waals surface area contributed by atoms with E-state index in [1.807, 2.05) is 44.2 Å². The normalized spacial score (nSPS) is 11.3. The predicted molar refractivity (Wildman–Crippen MR) is 123 cm³/mol. The fraction of sp³-hybridized carbons (Fsp3) is 0.148. The molecule has 2 amide bonds. The van der Waals surface area contributed by atoms with Gasteiger partial charge in [0.05, 0.1) is 0 Å². The van der Waals surface area contributed by atoms with Gasteiger partial charge in [-0.05, 0) is 43.7 Å². The number of carbonyl (C=O) groups is 3. The van der Waals surface area contributed by atoms with Gasteiger partial charge in [-0.25, -0.2) is 9.69 Å². The summed E-state index contributed by atoms with van der Waals surface area (Å²) in [5, 5.41) is 0. The first-order valence-corrected chi connectivity index (χ1v) is 10.3. The Balaban J connectivity index is 2.07. The van der Waals surface area contributed by atoms with Crippen LogP contribution in [0.25, 0.3) is 0 Å². The van der Waals surface area contributed by atoms with Gasteiger partial charge in [0.25, 0.3) is 11.8 Å². The predicted octanol–water partition coefficient (Wildman–Crippen LogP) is 4.88. The molecule has 0 aromatic heterocycles. The molecule has 5 heteroatoms. The number of amides is 2. The van der Waals surface area contributed by atoms with Crippen LogP contribution in [0.3, 0.4) is 0 Å². The van der Waals surface area contributed by atoms with Crippen LogP contribution < -0.4 is 0 Å². The molecule has 0 spiro atoms. The van der Waals surface area contributed by atoms with Crippen LogP contribution in [0.2, 0.25) is 0 Å². The molecule has 3 aromatic carbocycles. The summed E-state index contributed by atoms with van der Waals surface area (Å²) < 4.78 is 5.53. The van der Waals surface area contributed by atoms with Crippen LogP contribution >= 0.6 is 0 Å². The molecule has 0 N–H and O–H groups in total. The van der Waals surface area contributed by atoms with E-state index in [9.17, 15) is 14.4 Å². The Kier molecular flexibility index (Phi) is 7.34. The van der Waals surface area contributed by atoms with Gasteiger partial charge in [-0.2, -0.15) is 0 Å². The van der Waals surface area contributed by atoms with E-state index in [1.54, 1.807) is 48.5 Å². The second kappa shape index (κ2) is 10.4. The highest BCUT2D eigenvalue weighted by Gasteiger charge is 2.34. The Labute approximate surface area is 187 Å². The molecule has 1 atom stereocenters. The highest BCUT2D eigenvalue weighted by Crippen LogP contribution is 2.19. The summed E-state index contributed by atoms with van der Waals surface area (Å²) >= 11 is 0. The summed E-state index contributed by atoms with van der Waals surface area (Å²) in [6.45, 7) is 7.26. The van der Waals surface area contributed by atoms with Crippen LogP contribution in [-0.4, -0.2) is 28.9 Å². The minimum absolute atomic E-state index is 0.148. The highest BCUT2D eigenvalue weighted by atomic mass is 16.6. The maximum atomic E-state index is 13.5. The molecule has 3 rings (SSSR count). The largest absolute Gasteiger partial charge is 0.437 e. The third-order valence-corrected chi connectivity index (χ3v) is 4.99. The maximum Gasteiger partial charge on any atom is 0.332 e. The molecule has 0 aliphatic carbocycles. The smallest absolute Gasteiger partial charge is 0.332 e. The monoisotopic (exact) mass is 427 g/mol. The molecule has 0 aliphatic heterocycles. The second-order valence-electron chi connectivity index (χ2n) is 7.50. The lowest BCUT2D eigenvalue weighted by atomic mass is 10.1. The molecular formula is C27H25NO4. The van der Waals surface area contributed by atoms with Gasteiger partial charge >= 0.3 is 5.97 Å². The minimum atomic E-state index is -1.15. The van der Waals surface area contributed by atoms with E-state index in [0.29, 0.717) is 11.1 Å². The zero-order valence-electron chi connectivity index (χ0n) is 18.2. The summed E-state index contributed by atoms with van der Waals surface area (Å²) in [6, 6.07) is 23.0. The van der Waals surface area contributed by atoms with E-state index in [0.717, 1.165) is 27.7 Å². The van der Waals surface area contributed by atoms with Gasteiger partial charge in [0.15, 0.2) is 6.23 Å². The van der Waals surface area contributed by atoms with Crippen molar-refractivity contribution in [2.24, 2.45) is 0 Å². The standard InChI is InChI=1S/C27H25NO4/c1-4-25(29)32-24(18-21-8-6-5-7-9-21)28(26(30)22-14-10-19(2)11-15-22)27(31)23-16-12-20(3)13-17-23/h4-17,24H,1,18H2,2-3H3. The average Bonchev–Trinajstić information content (AvgIpc) is 2.80. The van der Waals surface area contributed by atoms with E-state index < -0.39 is 24.0 Å². The molecule has 1 unspecified atom stereocenters. The lowest BCUT2D eigenvalue weighted by Gasteiger charge is -2.30. The third-order valence-electron chi connectivity index (χ3n) is 4.99. The number of hydrogen-bond donors (Lipinski definition) is 0. The lowest BCUT2D eigenvalue weighted by Crippen LogP contribution is -2.48.